The molecular weight excluding hydrogens is 449 g/mol. The smallest absolute Gasteiger partial charge is 0.456 e. The van der Waals surface area contributed by atoms with E-state index in [0.717, 1.165) is 21.7 Å². The monoisotopic (exact) mass is 471 g/mol. The molecule has 174 valence electrons. The van der Waals surface area contributed by atoms with E-state index in [2.05, 4.69) is 6.08 Å². The third kappa shape index (κ3) is 4.04. The molecule has 2 N–H and O–H groups in total. The molecule has 2 aromatic heterocycles. The molecule has 0 spiro atoms. The van der Waals surface area contributed by atoms with Crippen molar-refractivity contribution in [2.24, 2.45) is 0 Å². The number of hydrogen-bond donors (Lipinski definition) is 2. The van der Waals surface area contributed by atoms with E-state index in [-0.39, 0.29) is 0 Å². The van der Waals surface area contributed by atoms with E-state index in [9.17, 15) is 10.0 Å². The molecule has 2 heterocycles. The van der Waals surface area contributed by atoms with Gasteiger partial charge in [0.05, 0.1) is 5.56 Å². The molecular formula is C29H22BN3O3. The van der Waals surface area contributed by atoms with Crippen LogP contribution in [0.3, 0.4) is 0 Å². The Morgan fingerprint density at radius 2 is 1.64 bits per heavy atom. The van der Waals surface area contributed by atoms with Gasteiger partial charge in [0.25, 0.3) is 0 Å². The quantitative estimate of drug-likeness (QED) is 0.441. The van der Waals surface area contributed by atoms with Gasteiger partial charge >= 0.3 is 7.12 Å². The van der Waals surface area contributed by atoms with Crippen molar-refractivity contribution in [3.05, 3.63) is 108 Å². The summed E-state index contributed by atoms with van der Waals surface area (Å²) in [6.45, 7) is 0. The van der Waals surface area contributed by atoms with Gasteiger partial charge in [0.2, 0.25) is 0 Å². The molecule has 0 radical (unpaired) electrons. The highest BCUT2D eigenvalue weighted by molar-refractivity contribution is 6.64. The molecule has 0 fully saturated rings. The molecule has 0 saturated heterocycles. The van der Waals surface area contributed by atoms with Crippen LogP contribution in [0.2, 0.25) is 0 Å². The molecule has 0 atom stereocenters. The van der Waals surface area contributed by atoms with Crippen LogP contribution in [0.5, 0.6) is 0 Å². The maximum atomic E-state index is 9.97. The van der Waals surface area contributed by atoms with Crippen LogP contribution in [0.25, 0.3) is 50.9 Å². The first kappa shape index (κ1) is 22.2. The van der Waals surface area contributed by atoms with Crippen LogP contribution >= 0.6 is 0 Å². The Bertz CT molecular complexity index is 1710. The zero-order valence-electron chi connectivity index (χ0n) is 19.4. The Kier molecular flexibility index (Phi) is 5.77. The summed E-state index contributed by atoms with van der Waals surface area (Å²) in [5.74, 6) is 1.67. The molecule has 0 aliphatic heterocycles. The molecule has 0 unspecified atom stereocenters. The number of para-hydroxylation sites is 1. The highest BCUT2D eigenvalue weighted by atomic mass is 16.4. The van der Waals surface area contributed by atoms with Gasteiger partial charge in [-0.25, -0.2) is 15.0 Å². The van der Waals surface area contributed by atoms with Crippen LogP contribution in [0, 0.1) is 0 Å². The van der Waals surface area contributed by atoms with Gasteiger partial charge in [-0.2, -0.15) is 0 Å². The molecule has 6 nitrogen and oxygen atoms in total. The number of furan rings is 1. The number of allylic oxidation sites excluding steroid dienone is 8. The second-order valence-electron chi connectivity index (χ2n) is 8.58. The fourth-order valence-corrected chi connectivity index (χ4v) is 4.49. The normalized spacial score (nSPS) is 14.7. The molecule has 0 bridgehead atoms. The van der Waals surface area contributed by atoms with Crippen LogP contribution < -0.4 is 10.6 Å². The third-order valence-electron chi connectivity index (χ3n) is 6.24. The van der Waals surface area contributed by atoms with Gasteiger partial charge < -0.3 is 14.5 Å². The zero-order chi connectivity index (χ0) is 24.5. The summed E-state index contributed by atoms with van der Waals surface area (Å²) in [6.07, 6.45) is 17.0. The van der Waals surface area contributed by atoms with Crippen molar-refractivity contribution in [1.29, 1.82) is 0 Å². The molecule has 7 heteroatoms. The summed E-state index contributed by atoms with van der Waals surface area (Å²) in [5.41, 5.74) is 3.96. The van der Waals surface area contributed by atoms with E-state index in [4.69, 9.17) is 19.4 Å². The van der Waals surface area contributed by atoms with Crippen LogP contribution in [0.4, 0.5) is 0 Å². The lowest BCUT2D eigenvalue weighted by atomic mass is 9.79. The summed E-state index contributed by atoms with van der Waals surface area (Å²) in [6, 6.07) is 15.7. The summed E-state index contributed by atoms with van der Waals surface area (Å²) in [4.78, 5) is 14.5. The summed E-state index contributed by atoms with van der Waals surface area (Å²) < 4.78 is 6.30. The second kappa shape index (κ2) is 9.38. The van der Waals surface area contributed by atoms with E-state index in [0.29, 0.717) is 52.3 Å². The average Bonchev–Trinajstić information content (AvgIpc) is 3.08. The van der Waals surface area contributed by atoms with E-state index in [1.165, 1.54) is 0 Å². The molecule has 0 amide bonds. The zero-order valence-corrected chi connectivity index (χ0v) is 19.4. The summed E-state index contributed by atoms with van der Waals surface area (Å²) in [7, 11) is -1.65. The molecule has 6 rings (SSSR count). The predicted octanol–water partition coefficient (Wildman–Crippen LogP) is 3.75. The Balaban J connectivity index is 1.63. The minimum atomic E-state index is -1.65. The lowest BCUT2D eigenvalue weighted by Crippen LogP contribution is -2.29. The highest BCUT2D eigenvalue weighted by Crippen LogP contribution is 2.29. The van der Waals surface area contributed by atoms with E-state index < -0.39 is 7.12 Å². The van der Waals surface area contributed by atoms with Gasteiger partial charge in [0, 0.05) is 27.2 Å². The fraction of sp³-hybridized carbons (Fsp3) is 0.0690. The molecule has 2 aliphatic rings. The van der Waals surface area contributed by atoms with Crippen molar-refractivity contribution in [1.82, 2.24) is 15.0 Å². The van der Waals surface area contributed by atoms with E-state index in [1.54, 1.807) is 6.08 Å². The predicted molar refractivity (Wildman–Crippen MR) is 142 cm³/mol. The van der Waals surface area contributed by atoms with Crippen LogP contribution in [-0.4, -0.2) is 32.1 Å². The van der Waals surface area contributed by atoms with Crippen molar-refractivity contribution in [2.75, 3.05) is 0 Å². The van der Waals surface area contributed by atoms with Crippen LogP contribution in [-0.2, 0) is 0 Å². The molecule has 36 heavy (non-hydrogen) atoms. The van der Waals surface area contributed by atoms with Crippen molar-refractivity contribution in [3.63, 3.8) is 0 Å². The maximum absolute atomic E-state index is 9.97. The molecule has 4 aromatic rings. The lowest BCUT2D eigenvalue weighted by molar-refractivity contribution is 0.425. The van der Waals surface area contributed by atoms with Crippen molar-refractivity contribution in [3.8, 4) is 22.8 Å². The third-order valence-corrected chi connectivity index (χ3v) is 6.24. The first-order valence-corrected chi connectivity index (χ1v) is 11.8. The van der Waals surface area contributed by atoms with Gasteiger partial charge in [-0.15, -0.1) is 0 Å². The average molecular weight is 471 g/mol. The van der Waals surface area contributed by atoms with Gasteiger partial charge in [0.15, 0.2) is 17.5 Å². The van der Waals surface area contributed by atoms with E-state index >= 15 is 0 Å². The summed E-state index contributed by atoms with van der Waals surface area (Å²) in [5, 5.41) is 21.6. The maximum Gasteiger partial charge on any atom is 0.492 e. The second-order valence-corrected chi connectivity index (χ2v) is 8.58. The first-order valence-electron chi connectivity index (χ1n) is 11.8. The SMILES string of the molecule is OB(O)C1=c2oc3c(-c4nc(C5=CC=CC=CC5)nc(-c5ccccc5)n4)cccc3c2=CCC=C1. The van der Waals surface area contributed by atoms with Crippen molar-refractivity contribution < 1.29 is 14.5 Å². The van der Waals surface area contributed by atoms with Crippen LogP contribution in [0.15, 0.2) is 95.5 Å². The van der Waals surface area contributed by atoms with Gasteiger partial charge in [-0.1, -0.05) is 91.1 Å². The Labute approximate surface area is 207 Å². The lowest BCUT2D eigenvalue weighted by Gasteiger charge is -2.09. The number of hydrogen-bond acceptors (Lipinski definition) is 6. The van der Waals surface area contributed by atoms with Gasteiger partial charge in [-0.3, -0.25) is 0 Å². The van der Waals surface area contributed by atoms with Crippen molar-refractivity contribution >= 4 is 35.2 Å². The minimum Gasteiger partial charge on any atom is -0.456 e. The molecule has 2 aromatic carbocycles. The number of rotatable bonds is 4. The van der Waals surface area contributed by atoms with Crippen molar-refractivity contribution in [2.45, 2.75) is 12.8 Å². The highest BCUT2D eigenvalue weighted by Gasteiger charge is 2.21. The number of aromatic nitrogens is 3. The minimum absolute atomic E-state index is 0.324. The first-order chi connectivity index (χ1) is 17.7. The number of benzene rings is 2. The number of fused-ring (bicyclic) bond motifs is 3. The van der Waals surface area contributed by atoms with E-state index in [1.807, 2.05) is 85.0 Å². The van der Waals surface area contributed by atoms with Crippen LogP contribution in [0.1, 0.15) is 18.7 Å². The number of nitrogens with zero attached hydrogens (tertiary/aromatic N) is 3. The Hall–Kier alpha value is -4.33. The topological polar surface area (TPSA) is 92.3 Å². The van der Waals surface area contributed by atoms with Gasteiger partial charge in [0.1, 0.15) is 11.0 Å². The largest absolute Gasteiger partial charge is 0.492 e. The molecule has 0 saturated carbocycles. The Morgan fingerprint density at radius 1 is 0.806 bits per heavy atom. The van der Waals surface area contributed by atoms with Gasteiger partial charge in [-0.05, 0) is 18.9 Å². The summed E-state index contributed by atoms with van der Waals surface area (Å²) >= 11 is 0. The Morgan fingerprint density at radius 3 is 2.50 bits per heavy atom. The standard InChI is InChI=1S/C29H22BN3O3/c34-30(35)24-18-9-8-15-22-21-16-10-17-23(25(21)36-26(22)24)29-32-27(19-11-4-1-2-5-12-19)31-28(33-29)20-13-6-3-7-14-20/h1-7,9-11,13-18,34-35H,8,12H2. The fourth-order valence-electron chi connectivity index (χ4n) is 4.49. The molecule has 2 aliphatic carbocycles.